The number of aliphatic hydroxyl groups is 1. The third kappa shape index (κ3) is 1.39. The van der Waals surface area contributed by atoms with Gasteiger partial charge in [-0.05, 0) is 29.7 Å². The van der Waals surface area contributed by atoms with Gasteiger partial charge in [-0.15, -0.1) is 0 Å². The molecule has 19 heavy (non-hydrogen) atoms. The highest BCUT2D eigenvalue weighted by Gasteiger charge is 2.11. The predicted molar refractivity (Wildman–Crippen MR) is 76.1 cm³/mol. The topological polar surface area (TPSA) is 37.5 Å². The lowest BCUT2D eigenvalue weighted by molar-refractivity contribution is 0.283. The van der Waals surface area contributed by atoms with Crippen LogP contribution >= 0.6 is 0 Å². The van der Waals surface area contributed by atoms with Crippen molar-refractivity contribution in [2.24, 2.45) is 0 Å². The van der Waals surface area contributed by atoms with E-state index in [9.17, 15) is 5.11 Å². The third-order valence-electron chi connectivity index (χ3n) is 3.53. The molecule has 1 N–H and O–H groups in total. The molecule has 0 spiro atoms. The minimum absolute atomic E-state index is 0.00233. The molecular formula is C16H12N2O. The number of fused-ring (bicyclic) bond motifs is 5. The molecular weight excluding hydrogens is 236 g/mol. The molecule has 0 saturated heterocycles. The summed E-state index contributed by atoms with van der Waals surface area (Å²) < 4.78 is 2.12. The molecule has 0 saturated carbocycles. The first-order valence-electron chi connectivity index (χ1n) is 6.27. The maximum absolute atomic E-state index is 9.57. The molecule has 0 aliphatic rings. The fourth-order valence-corrected chi connectivity index (χ4v) is 2.67. The number of para-hydroxylation sites is 3. The maximum Gasteiger partial charge on any atom is 0.144 e. The van der Waals surface area contributed by atoms with Gasteiger partial charge in [-0.3, -0.25) is 4.40 Å². The number of imidazole rings is 1. The second kappa shape index (κ2) is 3.80. The average Bonchev–Trinajstić information content (AvgIpc) is 2.86. The molecule has 0 atom stereocenters. The van der Waals surface area contributed by atoms with Gasteiger partial charge in [0, 0.05) is 5.56 Å². The van der Waals surface area contributed by atoms with Gasteiger partial charge in [0.25, 0.3) is 0 Å². The standard InChI is InChI=1S/C16H12N2O/c19-10-12-9-11-5-1-3-7-14(11)18-15-8-4-2-6-13(15)17-16(12)18/h1-9,19H,10H2. The maximum atomic E-state index is 9.57. The van der Waals surface area contributed by atoms with Gasteiger partial charge in [-0.2, -0.15) is 0 Å². The number of hydrogen-bond acceptors (Lipinski definition) is 2. The minimum atomic E-state index is -0.00233. The van der Waals surface area contributed by atoms with Crippen molar-refractivity contribution in [3.8, 4) is 0 Å². The predicted octanol–water partition coefficient (Wildman–Crippen LogP) is 3.13. The first-order valence-corrected chi connectivity index (χ1v) is 6.27. The normalized spacial score (nSPS) is 11.6. The lowest BCUT2D eigenvalue weighted by Crippen LogP contribution is -1.94. The smallest absolute Gasteiger partial charge is 0.144 e. The van der Waals surface area contributed by atoms with Crippen LogP contribution in [0.4, 0.5) is 0 Å². The summed E-state index contributed by atoms with van der Waals surface area (Å²) in [4.78, 5) is 4.64. The Bertz CT molecular complexity index is 908. The van der Waals surface area contributed by atoms with E-state index in [-0.39, 0.29) is 6.61 Å². The molecule has 2 aromatic carbocycles. The van der Waals surface area contributed by atoms with E-state index < -0.39 is 0 Å². The van der Waals surface area contributed by atoms with Crippen LogP contribution in [-0.4, -0.2) is 14.5 Å². The second-order valence-electron chi connectivity index (χ2n) is 4.65. The fraction of sp³-hybridized carbons (Fsp3) is 0.0625. The van der Waals surface area contributed by atoms with E-state index in [1.54, 1.807) is 0 Å². The van der Waals surface area contributed by atoms with Crippen molar-refractivity contribution in [3.63, 3.8) is 0 Å². The van der Waals surface area contributed by atoms with Crippen LogP contribution in [0.3, 0.4) is 0 Å². The van der Waals surface area contributed by atoms with Gasteiger partial charge in [-0.25, -0.2) is 4.98 Å². The molecule has 92 valence electrons. The van der Waals surface area contributed by atoms with Gasteiger partial charge < -0.3 is 5.11 Å². The molecule has 2 heterocycles. The Balaban J connectivity index is 2.36. The molecule has 0 bridgehead atoms. The zero-order valence-electron chi connectivity index (χ0n) is 10.2. The van der Waals surface area contributed by atoms with Crippen molar-refractivity contribution in [2.45, 2.75) is 6.61 Å². The summed E-state index contributed by atoms with van der Waals surface area (Å²) in [5.41, 5.74) is 4.83. The molecule has 0 aliphatic heterocycles. The average molecular weight is 248 g/mol. The highest BCUT2D eigenvalue weighted by atomic mass is 16.3. The summed E-state index contributed by atoms with van der Waals surface area (Å²) in [6.45, 7) is -0.00233. The molecule has 0 amide bonds. The quantitative estimate of drug-likeness (QED) is 0.562. The highest BCUT2D eigenvalue weighted by Crippen LogP contribution is 2.25. The monoisotopic (exact) mass is 248 g/mol. The summed E-state index contributed by atoms with van der Waals surface area (Å²) in [6, 6.07) is 18.2. The van der Waals surface area contributed by atoms with Gasteiger partial charge in [0.05, 0.1) is 23.2 Å². The van der Waals surface area contributed by atoms with Crippen LogP contribution in [0.5, 0.6) is 0 Å². The highest BCUT2D eigenvalue weighted by molar-refractivity contribution is 5.91. The van der Waals surface area contributed by atoms with Gasteiger partial charge in [0.1, 0.15) is 5.65 Å². The van der Waals surface area contributed by atoms with Gasteiger partial charge in [-0.1, -0.05) is 30.3 Å². The number of hydrogen-bond donors (Lipinski definition) is 1. The van der Waals surface area contributed by atoms with Crippen LogP contribution in [-0.2, 0) is 6.61 Å². The molecule has 0 radical (unpaired) electrons. The first kappa shape index (κ1) is 10.5. The molecule has 0 unspecified atom stereocenters. The van der Waals surface area contributed by atoms with E-state index in [0.717, 1.165) is 33.1 Å². The van der Waals surface area contributed by atoms with Crippen molar-refractivity contribution in [1.29, 1.82) is 0 Å². The van der Waals surface area contributed by atoms with Crippen LogP contribution in [0.2, 0.25) is 0 Å². The van der Waals surface area contributed by atoms with Crippen LogP contribution in [0.25, 0.3) is 27.6 Å². The van der Waals surface area contributed by atoms with Gasteiger partial charge in [0.15, 0.2) is 0 Å². The molecule has 2 aromatic heterocycles. The Hall–Kier alpha value is -2.39. The van der Waals surface area contributed by atoms with E-state index in [4.69, 9.17) is 0 Å². The Kier molecular flexibility index (Phi) is 2.11. The Morgan fingerprint density at radius 2 is 1.68 bits per heavy atom. The summed E-state index contributed by atoms with van der Waals surface area (Å²) in [6.07, 6.45) is 0. The number of aromatic nitrogens is 2. The SMILES string of the molecule is OCc1cc2ccccc2n2c1nc1ccccc12. The Labute approximate surface area is 109 Å². The molecule has 0 fully saturated rings. The Morgan fingerprint density at radius 3 is 2.53 bits per heavy atom. The van der Waals surface area contributed by atoms with Crippen molar-refractivity contribution in [3.05, 3.63) is 60.2 Å². The van der Waals surface area contributed by atoms with Gasteiger partial charge >= 0.3 is 0 Å². The lowest BCUT2D eigenvalue weighted by atomic mass is 10.1. The van der Waals surface area contributed by atoms with Crippen molar-refractivity contribution >= 4 is 27.6 Å². The molecule has 3 heteroatoms. The van der Waals surface area contributed by atoms with Crippen LogP contribution in [0.1, 0.15) is 5.56 Å². The first-order chi connectivity index (χ1) is 9.38. The zero-order chi connectivity index (χ0) is 12.8. The summed E-state index contributed by atoms with van der Waals surface area (Å²) in [7, 11) is 0. The van der Waals surface area contributed by atoms with Crippen LogP contribution in [0.15, 0.2) is 54.6 Å². The molecule has 3 nitrogen and oxygen atoms in total. The largest absolute Gasteiger partial charge is 0.392 e. The van der Waals surface area contributed by atoms with Crippen molar-refractivity contribution < 1.29 is 5.11 Å². The van der Waals surface area contributed by atoms with E-state index in [1.165, 1.54) is 0 Å². The lowest BCUT2D eigenvalue weighted by Gasteiger charge is -2.06. The minimum Gasteiger partial charge on any atom is -0.392 e. The number of nitrogens with zero attached hydrogens (tertiary/aromatic N) is 2. The molecule has 4 rings (SSSR count). The number of rotatable bonds is 1. The zero-order valence-corrected chi connectivity index (χ0v) is 10.2. The van der Waals surface area contributed by atoms with E-state index in [1.807, 2.05) is 36.4 Å². The van der Waals surface area contributed by atoms with Crippen LogP contribution in [0, 0.1) is 0 Å². The van der Waals surface area contributed by atoms with E-state index in [2.05, 4.69) is 27.6 Å². The third-order valence-corrected chi connectivity index (χ3v) is 3.53. The number of aliphatic hydroxyl groups excluding tert-OH is 1. The summed E-state index contributed by atoms with van der Waals surface area (Å²) >= 11 is 0. The van der Waals surface area contributed by atoms with Crippen molar-refractivity contribution in [1.82, 2.24) is 9.38 Å². The van der Waals surface area contributed by atoms with E-state index in [0.29, 0.717) is 0 Å². The summed E-state index contributed by atoms with van der Waals surface area (Å²) in [5.74, 6) is 0. The Morgan fingerprint density at radius 1 is 0.947 bits per heavy atom. The van der Waals surface area contributed by atoms with Crippen LogP contribution < -0.4 is 0 Å². The molecule has 0 aliphatic carbocycles. The van der Waals surface area contributed by atoms with Gasteiger partial charge in [0.2, 0.25) is 0 Å². The second-order valence-corrected chi connectivity index (χ2v) is 4.65. The fourth-order valence-electron chi connectivity index (χ4n) is 2.67. The molecule has 4 aromatic rings. The van der Waals surface area contributed by atoms with Crippen molar-refractivity contribution in [2.75, 3.05) is 0 Å². The summed E-state index contributed by atoms with van der Waals surface area (Å²) in [5, 5.41) is 10.7. The number of pyridine rings is 1. The number of benzene rings is 2. The van der Waals surface area contributed by atoms with E-state index >= 15 is 0 Å².